The summed E-state index contributed by atoms with van der Waals surface area (Å²) in [6.45, 7) is 1.52. The van der Waals surface area contributed by atoms with Crippen molar-refractivity contribution in [1.29, 1.82) is 0 Å². The molecule has 29 heavy (non-hydrogen) atoms. The average molecular weight is 426 g/mol. The van der Waals surface area contributed by atoms with E-state index in [1.807, 2.05) is 0 Å². The molecule has 0 aliphatic carbocycles. The number of fused-ring (bicyclic) bond motifs is 1. The minimum atomic E-state index is -4.71. The first kappa shape index (κ1) is 21.0. The molecule has 1 aromatic heterocycles. The van der Waals surface area contributed by atoms with Crippen LogP contribution in [0.15, 0.2) is 36.4 Å². The van der Waals surface area contributed by atoms with Gasteiger partial charge in [-0.2, -0.15) is 13.2 Å². The summed E-state index contributed by atoms with van der Waals surface area (Å²) in [5.74, 6) is -3.21. The van der Waals surface area contributed by atoms with Crippen LogP contribution in [0.5, 0.6) is 5.75 Å². The first-order valence-corrected chi connectivity index (χ1v) is 9.20. The van der Waals surface area contributed by atoms with E-state index in [9.17, 15) is 18.0 Å². The number of H-pyrrole nitrogens is 1. The molecule has 0 bridgehead atoms. The largest absolute Gasteiger partial charge is 0.496 e. The number of carbonyl (C=O) groups is 1. The highest BCUT2D eigenvalue weighted by Crippen LogP contribution is 2.45. The first-order chi connectivity index (χ1) is 13.6. The number of alkyl halides is 3. The fraction of sp³-hybridized carbons (Fsp3) is 0.286. The number of benzene rings is 2. The van der Waals surface area contributed by atoms with Gasteiger partial charge in [0.15, 0.2) is 0 Å². The van der Waals surface area contributed by atoms with Gasteiger partial charge in [0.1, 0.15) is 5.75 Å². The number of aromatic amines is 1. The van der Waals surface area contributed by atoms with Crippen LogP contribution in [0.1, 0.15) is 34.7 Å². The van der Waals surface area contributed by atoms with E-state index in [2.05, 4.69) is 4.98 Å². The summed E-state index contributed by atoms with van der Waals surface area (Å²) in [5, 5.41) is 9.99. The monoisotopic (exact) mass is 425 g/mol. The van der Waals surface area contributed by atoms with Gasteiger partial charge in [0.25, 0.3) is 0 Å². The van der Waals surface area contributed by atoms with Gasteiger partial charge in [-0.25, -0.2) is 0 Å². The van der Waals surface area contributed by atoms with Crippen LogP contribution in [0.25, 0.3) is 10.9 Å². The third-order valence-electron chi connectivity index (χ3n) is 4.90. The van der Waals surface area contributed by atoms with Crippen molar-refractivity contribution in [3.05, 3.63) is 63.8 Å². The maximum atomic E-state index is 13.8. The number of carboxylic acids is 1. The summed E-state index contributed by atoms with van der Waals surface area (Å²) in [6.07, 6.45) is -5.45. The Balaban J connectivity index is 2.26. The standard InChI is InChI=1S/C21H19ClF3NO3/c1-11-19(15(10-18(27)28)21(23,24)25)20-14(9-12-3-5-13(22)6-4-12)17(29-2)8-7-16(20)26-11/h3-8,15,26H,9-10H2,1-2H3,(H,27,28). The lowest BCUT2D eigenvalue weighted by atomic mass is 9.89. The number of methoxy groups -OCH3 is 1. The van der Waals surface area contributed by atoms with Crippen LogP contribution in [0.2, 0.25) is 5.02 Å². The van der Waals surface area contributed by atoms with Gasteiger partial charge in [-0.1, -0.05) is 23.7 Å². The number of hydrogen-bond acceptors (Lipinski definition) is 2. The highest BCUT2D eigenvalue weighted by Gasteiger charge is 2.44. The van der Waals surface area contributed by atoms with Gasteiger partial charge < -0.3 is 14.8 Å². The van der Waals surface area contributed by atoms with Crippen LogP contribution >= 0.6 is 11.6 Å². The van der Waals surface area contributed by atoms with Crippen molar-refractivity contribution >= 4 is 28.5 Å². The normalized spacial score (nSPS) is 12.9. The summed E-state index contributed by atoms with van der Waals surface area (Å²) in [7, 11) is 1.45. The number of rotatable bonds is 6. The van der Waals surface area contributed by atoms with E-state index in [1.54, 1.807) is 36.4 Å². The zero-order valence-electron chi connectivity index (χ0n) is 15.7. The molecule has 0 fully saturated rings. The van der Waals surface area contributed by atoms with E-state index in [-0.39, 0.29) is 11.3 Å². The summed E-state index contributed by atoms with van der Waals surface area (Å²) in [6, 6.07) is 10.3. The minimum Gasteiger partial charge on any atom is -0.496 e. The van der Waals surface area contributed by atoms with Crippen LogP contribution in [-0.2, 0) is 11.2 Å². The van der Waals surface area contributed by atoms with E-state index >= 15 is 0 Å². The van der Waals surface area contributed by atoms with Gasteiger partial charge in [0.05, 0.1) is 19.4 Å². The van der Waals surface area contributed by atoms with Gasteiger partial charge in [0, 0.05) is 33.6 Å². The number of aliphatic carboxylic acids is 1. The highest BCUT2D eigenvalue weighted by molar-refractivity contribution is 6.30. The molecule has 0 amide bonds. The van der Waals surface area contributed by atoms with E-state index in [0.717, 1.165) is 5.56 Å². The Bertz CT molecular complexity index is 1040. The maximum Gasteiger partial charge on any atom is 0.396 e. The van der Waals surface area contributed by atoms with Crippen LogP contribution in [-0.4, -0.2) is 29.3 Å². The van der Waals surface area contributed by atoms with Crippen LogP contribution in [0.3, 0.4) is 0 Å². The molecule has 4 nitrogen and oxygen atoms in total. The van der Waals surface area contributed by atoms with Gasteiger partial charge >= 0.3 is 12.1 Å². The third-order valence-corrected chi connectivity index (χ3v) is 5.15. The average Bonchev–Trinajstić information content (AvgIpc) is 2.96. The zero-order valence-corrected chi connectivity index (χ0v) is 16.5. The number of carboxylic acid groups (broad SMARTS) is 1. The number of aryl methyl sites for hydroxylation is 1. The quantitative estimate of drug-likeness (QED) is 0.520. The zero-order chi connectivity index (χ0) is 21.3. The van der Waals surface area contributed by atoms with Crippen molar-refractivity contribution < 1.29 is 27.8 Å². The fourth-order valence-electron chi connectivity index (χ4n) is 3.66. The Morgan fingerprint density at radius 2 is 1.86 bits per heavy atom. The maximum absolute atomic E-state index is 13.8. The lowest BCUT2D eigenvalue weighted by Crippen LogP contribution is -2.24. The van der Waals surface area contributed by atoms with Crippen molar-refractivity contribution in [3.8, 4) is 5.75 Å². The van der Waals surface area contributed by atoms with Crippen molar-refractivity contribution in [3.63, 3.8) is 0 Å². The topological polar surface area (TPSA) is 62.3 Å². The van der Waals surface area contributed by atoms with Crippen molar-refractivity contribution in [1.82, 2.24) is 4.98 Å². The van der Waals surface area contributed by atoms with E-state index in [1.165, 1.54) is 14.0 Å². The molecule has 1 unspecified atom stereocenters. The fourth-order valence-corrected chi connectivity index (χ4v) is 3.79. The van der Waals surface area contributed by atoms with E-state index in [4.69, 9.17) is 21.4 Å². The molecule has 1 atom stereocenters. The predicted octanol–water partition coefficient (Wildman–Crippen LogP) is 5.85. The Morgan fingerprint density at radius 1 is 1.21 bits per heavy atom. The van der Waals surface area contributed by atoms with Gasteiger partial charge in [-0.15, -0.1) is 0 Å². The lowest BCUT2D eigenvalue weighted by Gasteiger charge is -2.21. The second-order valence-electron chi connectivity index (χ2n) is 6.83. The SMILES string of the molecule is COc1ccc2[nH]c(C)c(C(CC(=O)O)C(F)(F)F)c2c1Cc1ccc(Cl)cc1. The molecule has 3 rings (SSSR count). The Morgan fingerprint density at radius 3 is 2.41 bits per heavy atom. The molecular formula is C21H19ClF3NO3. The van der Waals surface area contributed by atoms with E-state index in [0.29, 0.717) is 33.7 Å². The summed E-state index contributed by atoms with van der Waals surface area (Å²) in [4.78, 5) is 14.2. The highest BCUT2D eigenvalue weighted by atomic mass is 35.5. The molecule has 2 aromatic carbocycles. The molecule has 154 valence electrons. The van der Waals surface area contributed by atoms with Crippen LogP contribution in [0.4, 0.5) is 13.2 Å². The lowest BCUT2D eigenvalue weighted by molar-refractivity contribution is -0.163. The van der Waals surface area contributed by atoms with Gasteiger partial charge in [-0.05, 0) is 42.3 Å². The molecule has 0 saturated carbocycles. The molecule has 8 heteroatoms. The molecule has 2 N–H and O–H groups in total. The molecule has 1 heterocycles. The molecular weight excluding hydrogens is 407 g/mol. The summed E-state index contributed by atoms with van der Waals surface area (Å²) in [5.41, 5.74) is 2.13. The second-order valence-corrected chi connectivity index (χ2v) is 7.26. The minimum absolute atomic E-state index is 0.0576. The number of ether oxygens (including phenoxy) is 1. The smallest absolute Gasteiger partial charge is 0.396 e. The molecule has 0 radical (unpaired) electrons. The van der Waals surface area contributed by atoms with Crippen LogP contribution < -0.4 is 4.74 Å². The second kappa shape index (κ2) is 7.99. The molecule has 3 aromatic rings. The summed E-state index contributed by atoms with van der Waals surface area (Å²) >= 11 is 5.93. The first-order valence-electron chi connectivity index (χ1n) is 8.82. The van der Waals surface area contributed by atoms with Gasteiger partial charge in [-0.3, -0.25) is 4.79 Å². The van der Waals surface area contributed by atoms with E-state index < -0.39 is 24.5 Å². The predicted molar refractivity (Wildman–Crippen MR) is 105 cm³/mol. The molecule has 0 aliphatic heterocycles. The van der Waals surface area contributed by atoms with Crippen molar-refractivity contribution in [2.75, 3.05) is 7.11 Å². The van der Waals surface area contributed by atoms with Crippen LogP contribution in [0, 0.1) is 6.92 Å². The Labute approximate surface area is 170 Å². The number of nitrogens with one attached hydrogen (secondary N) is 1. The summed E-state index contributed by atoms with van der Waals surface area (Å²) < 4.78 is 46.9. The Hall–Kier alpha value is -2.67. The van der Waals surface area contributed by atoms with Crippen molar-refractivity contribution in [2.24, 2.45) is 0 Å². The molecule has 0 aliphatic rings. The number of aromatic nitrogens is 1. The number of halogens is 4. The van der Waals surface area contributed by atoms with Crippen molar-refractivity contribution in [2.45, 2.75) is 31.9 Å². The molecule has 0 saturated heterocycles. The number of hydrogen-bond donors (Lipinski definition) is 2. The van der Waals surface area contributed by atoms with Gasteiger partial charge in [0.2, 0.25) is 0 Å². The third kappa shape index (κ3) is 4.34. The molecule has 0 spiro atoms. The Kier molecular flexibility index (Phi) is 5.80.